The van der Waals surface area contributed by atoms with Crippen LogP contribution in [0.15, 0.2) is 16.8 Å². The van der Waals surface area contributed by atoms with Gasteiger partial charge in [0, 0.05) is 6.42 Å². The number of amides is 1. The van der Waals surface area contributed by atoms with Gasteiger partial charge in [0.2, 0.25) is 5.91 Å². The van der Waals surface area contributed by atoms with E-state index in [0.29, 0.717) is 19.3 Å². The van der Waals surface area contributed by atoms with E-state index in [0.717, 1.165) is 12.0 Å². The second kappa shape index (κ2) is 7.06. The van der Waals surface area contributed by atoms with Gasteiger partial charge in [-0.3, -0.25) is 4.79 Å². The summed E-state index contributed by atoms with van der Waals surface area (Å²) >= 11 is 1.59. The summed E-state index contributed by atoms with van der Waals surface area (Å²) < 4.78 is 0. The number of nitrogens with one attached hydrogen (secondary N) is 1. The Morgan fingerprint density at radius 3 is 2.82 bits per heavy atom. The molecular weight excluding hydrogens is 238 g/mol. The van der Waals surface area contributed by atoms with Crippen molar-refractivity contribution in [2.45, 2.75) is 38.6 Å². The summed E-state index contributed by atoms with van der Waals surface area (Å²) in [4.78, 5) is 22.4. The van der Waals surface area contributed by atoms with Crippen LogP contribution in [0.5, 0.6) is 0 Å². The molecule has 5 heteroatoms. The average Bonchev–Trinajstić information content (AvgIpc) is 2.78. The molecule has 0 aliphatic rings. The Morgan fingerprint density at radius 2 is 2.29 bits per heavy atom. The Morgan fingerprint density at radius 1 is 1.53 bits per heavy atom. The highest BCUT2D eigenvalue weighted by Crippen LogP contribution is 2.08. The van der Waals surface area contributed by atoms with Crippen molar-refractivity contribution in [1.82, 2.24) is 5.32 Å². The summed E-state index contributed by atoms with van der Waals surface area (Å²) in [5.41, 5.74) is 1.12. The molecule has 0 saturated heterocycles. The van der Waals surface area contributed by atoms with Crippen LogP contribution in [0.4, 0.5) is 0 Å². The zero-order valence-corrected chi connectivity index (χ0v) is 10.6. The Kier molecular flexibility index (Phi) is 5.69. The highest BCUT2D eigenvalue weighted by atomic mass is 32.1. The molecule has 4 nitrogen and oxygen atoms in total. The third-order valence-corrected chi connectivity index (χ3v) is 3.16. The lowest BCUT2D eigenvalue weighted by atomic mass is 10.1. The summed E-state index contributed by atoms with van der Waals surface area (Å²) in [6.07, 6.45) is 2.21. The number of carboxylic acids is 1. The molecule has 17 heavy (non-hydrogen) atoms. The summed E-state index contributed by atoms with van der Waals surface area (Å²) in [5, 5.41) is 15.4. The fourth-order valence-corrected chi connectivity index (χ4v) is 2.21. The zero-order valence-electron chi connectivity index (χ0n) is 9.81. The molecule has 0 radical (unpaired) electrons. The van der Waals surface area contributed by atoms with E-state index >= 15 is 0 Å². The molecule has 1 aromatic heterocycles. The minimum absolute atomic E-state index is 0.197. The molecule has 0 spiro atoms. The molecular formula is C12H17NO3S. The molecule has 0 aliphatic carbocycles. The van der Waals surface area contributed by atoms with E-state index in [1.807, 2.05) is 23.8 Å². The first-order valence-corrected chi connectivity index (χ1v) is 6.61. The fourth-order valence-electron chi connectivity index (χ4n) is 1.51. The Bertz CT molecular complexity index is 362. The fraction of sp³-hybridized carbons (Fsp3) is 0.500. The first kappa shape index (κ1) is 13.7. The van der Waals surface area contributed by atoms with Crippen LogP contribution in [0, 0.1) is 0 Å². The molecule has 1 atom stereocenters. The van der Waals surface area contributed by atoms with E-state index in [9.17, 15) is 9.59 Å². The second-order valence-corrected chi connectivity index (χ2v) is 4.66. The standard InChI is InChI=1S/C12H17NO3S/c1-2-3-10(12(15)16)13-11(14)5-4-9-6-7-17-8-9/h6-8,10H,2-5H2,1H3,(H,13,14)(H,15,16). The number of hydrogen-bond acceptors (Lipinski definition) is 3. The molecule has 1 heterocycles. The van der Waals surface area contributed by atoms with Gasteiger partial charge in [-0.2, -0.15) is 11.3 Å². The van der Waals surface area contributed by atoms with Crippen LogP contribution < -0.4 is 5.32 Å². The summed E-state index contributed by atoms with van der Waals surface area (Å²) in [7, 11) is 0. The smallest absolute Gasteiger partial charge is 0.326 e. The predicted molar refractivity (Wildman–Crippen MR) is 67.1 cm³/mol. The molecule has 0 aliphatic heterocycles. The number of hydrogen-bond donors (Lipinski definition) is 2. The minimum atomic E-state index is -0.962. The quantitative estimate of drug-likeness (QED) is 0.783. The van der Waals surface area contributed by atoms with E-state index in [1.54, 1.807) is 11.3 Å². The molecule has 1 unspecified atom stereocenters. The Labute approximate surface area is 105 Å². The number of aryl methyl sites for hydroxylation is 1. The normalized spacial score (nSPS) is 12.1. The van der Waals surface area contributed by atoms with Crippen LogP contribution in [0.1, 0.15) is 31.7 Å². The molecule has 1 amide bonds. The van der Waals surface area contributed by atoms with E-state index in [1.165, 1.54) is 0 Å². The third-order valence-electron chi connectivity index (χ3n) is 2.43. The van der Waals surface area contributed by atoms with Gasteiger partial charge >= 0.3 is 5.97 Å². The Balaban J connectivity index is 2.34. The van der Waals surface area contributed by atoms with Crippen LogP contribution in [-0.2, 0) is 16.0 Å². The molecule has 94 valence electrons. The number of aliphatic carboxylic acids is 1. The maximum Gasteiger partial charge on any atom is 0.326 e. The number of carbonyl (C=O) groups is 2. The van der Waals surface area contributed by atoms with Crippen LogP contribution >= 0.6 is 11.3 Å². The van der Waals surface area contributed by atoms with E-state index in [-0.39, 0.29) is 5.91 Å². The number of thiophene rings is 1. The van der Waals surface area contributed by atoms with Crippen LogP contribution in [0.3, 0.4) is 0 Å². The zero-order chi connectivity index (χ0) is 12.7. The van der Waals surface area contributed by atoms with Crippen molar-refractivity contribution in [1.29, 1.82) is 0 Å². The third kappa shape index (κ3) is 4.99. The van der Waals surface area contributed by atoms with Crippen molar-refractivity contribution in [2.75, 3.05) is 0 Å². The second-order valence-electron chi connectivity index (χ2n) is 3.88. The predicted octanol–water partition coefficient (Wildman–Crippen LogP) is 2.05. The van der Waals surface area contributed by atoms with E-state index < -0.39 is 12.0 Å². The topological polar surface area (TPSA) is 66.4 Å². The van der Waals surface area contributed by atoms with Gasteiger partial charge in [0.15, 0.2) is 0 Å². The van der Waals surface area contributed by atoms with Crippen LogP contribution in [0.2, 0.25) is 0 Å². The highest BCUT2D eigenvalue weighted by Gasteiger charge is 2.18. The Hall–Kier alpha value is -1.36. The number of rotatable bonds is 7. The van der Waals surface area contributed by atoms with Crippen molar-refractivity contribution in [2.24, 2.45) is 0 Å². The first-order valence-electron chi connectivity index (χ1n) is 5.66. The van der Waals surface area contributed by atoms with Crippen molar-refractivity contribution in [3.05, 3.63) is 22.4 Å². The van der Waals surface area contributed by atoms with Crippen molar-refractivity contribution >= 4 is 23.2 Å². The molecule has 0 fully saturated rings. The molecule has 2 N–H and O–H groups in total. The van der Waals surface area contributed by atoms with Gasteiger partial charge in [0.25, 0.3) is 0 Å². The average molecular weight is 255 g/mol. The maximum absolute atomic E-state index is 11.6. The minimum Gasteiger partial charge on any atom is -0.480 e. The van der Waals surface area contributed by atoms with Gasteiger partial charge in [-0.25, -0.2) is 4.79 Å². The summed E-state index contributed by atoms with van der Waals surface area (Å²) in [6, 6.07) is 1.22. The lowest BCUT2D eigenvalue weighted by Gasteiger charge is -2.13. The van der Waals surface area contributed by atoms with E-state index in [4.69, 9.17) is 5.11 Å². The van der Waals surface area contributed by atoms with Gasteiger partial charge in [0.05, 0.1) is 0 Å². The van der Waals surface area contributed by atoms with E-state index in [2.05, 4.69) is 5.32 Å². The van der Waals surface area contributed by atoms with Gasteiger partial charge in [-0.1, -0.05) is 13.3 Å². The molecule has 0 bridgehead atoms. The lowest BCUT2D eigenvalue weighted by Crippen LogP contribution is -2.40. The molecule has 0 aromatic carbocycles. The number of carbonyl (C=O) groups excluding carboxylic acids is 1. The lowest BCUT2D eigenvalue weighted by molar-refractivity contribution is -0.142. The van der Waals surface area contributed by atoms with Crippen molar-refractivity contribution in [3.8, 4) is 0 Å². The SMILES string of the molecule is CCCC(NC(=O)CCc1ccsc1)C(=O)O. The number of carboxylic acid groups (broad SMARTS) is 1. The summed E-state index contributed by atoms with van der Waals surface area (Å²) in [6.45, 7) is 1.90. The van der Waals surface area contributed by atoms with Gasteiger partial charge in [0.1, 0.15) is 6.04 Å². The van der Waals surface area contributed by atoms with Crippen LogP contribution in [0.25, 0.3) is 0 Å². The molecule has 0 saturated carbocycles. The molecule has 1 aromatic rings. The summed E-state index contributed by atoms with van der Waals surface area (Å²) in [5.74, 6) is -1.16. The van der Waals surface area contributed by atoms with Gasteiger partial charge < -0.3 is 10.4 Å². The van der Waals surface area contributed by atoms with Gasteiger partial charge in [-0.05, 0) is 35.2 Å². The van der Waals surface area contributed by atoms with Crippen molar-refractivity contribution in [3.63, 3.8) is 0 Å². The van der Waals surface area contributed by atoms with Crippen molar-refractivity contribution < 1.29 is 14.7 Å². The monoisotopic (exact) mass is 255 g/mol. The first-order chi connectivity index (χ1) is 8.13. The van der Waals surface area contributed by atoms with Gasteiger partial charge in [-0.15, -0.1) is 0 Å². The maximum atomic E-state index is 11.6. The molecule has 1 rings (SSSR count). The highest BCUT2D eigenvalue weighted by molar-refractivity contribution is 7.07. The van der Waals surface area contributed by atoms with Crippen LogP contribution in [-0.4, -0.2) is 23.0 Å². The largest absolute Gasteiger partial charge is 0.480 e.